The molecule has 1 aromatic rings. The number of nitrogens with zero attached hydrogens (tertiary/aromatic N) is 3. The molecular weight excluding hydrogens is 274 g/mol. The zero-order valence-electron chi connectivity index (χ0n) is 14.0. The Kier molecular flexibility index (Phi) is 4.48. The molecule has 1 amide bonds. The van der Waals surface area contributed by atoms with E-state index in [1.807, 2.05) is 23.1 Å². The summed E-state index contributed by atoms with van der Waals surface area (Å²) in [5.41, 5.74) is 1.62. The highest BCUT2D eigenvalue weighted by Gasteiger charge is 2.29. The predicted molar refractivity (Wildman–Crippen MR) is 87.5 cm³/mol. The van der Waals surface area contributed by atoms with Crippen molar-refractivity contribution in [2.75, 3.05) is 26.2 Å². The number of rotatable bonds is 4. The lowest BCUT2D eigenvalue weighted by molar-refractivity contribution is 0.0600. The summed E-state index contributed by atoms with van der Waals surface area (Å²) in [6, 6.07) is 5.85. The van der Waals surface area contributed by atoms with Gasteiger partial charge in [0.05, 0.1) is 5.69 Å². The smallest absolute Gasteiger partial charge is 0.272 e. The monoisotopic (exact) mass is 301 g/mol. The van der Waals surface area contributed by atoms with E-state index < -0.39 is 0 Å². The minimum atomic E-state index is 0.0925. The molecule has 4 heteroatoms. The van der Waals surface area contributed by atoms with Gasteiger partial charge in [-0.2, -0.15) is 0 Å². The summed E-state index contributed by atoms with van der Waals surface area (Å²) in [5, 5.41) is 0. The van der Waals surface area contributed by atoms with Crippen LogP contribution in [-0.2, 0) is 6.54 Å². The summed E-state index contributed by atoms with van der Waals surface area (Å²) in [7, 11) is 0. The summed E-state index contributed by atoms with van der Waals surface area (Å²) in [6.07, 6.45) is 1.11. The van der Waals surface area contributed by atoms with E-state index in [2.05, 4.69) is 30.7 Å². The molecule has 4 nitrogen and oxygen atoms in total. The third-order valence-electron chi connectivity index (χ3n) is 5.05. The van der Waals surface area contributed by atoms with Crippen LogP contribution in [0.15, 0.2) is 18.2 Å². The molecular formula is C18H27N3O. The Balaban J connectivity index is 1.60. The molecule has 0 aliphatic carbocycles. The SMILES string of the molecule is CC1CCN(C(=O)c2cccc(CN3CC(C(C)C)C3)n2)C1. The predicted octanol–water partition coefficient (Wildman–Crippen LogP) is 2.65. The normalized spacial score (nSPS) is 23.1. The molecule has 22 heavy (non-hydrogen) atoms. The number of hydrogen-bond acceptors (Lipinski definition) is 3. The van der Waals surface area contributed by atoms with Gasteiger partial charge >= 0.3 is 0 Å². The maximum Gasteiger partial charge on any atom is 0.272 e. The summed E-state index contributed by atoms with van der Waals surface area (Å²) >= 11 is 0. The summed E-state index contributed by atoms with van der Waals surface area (Å²) in [6.45, 7) is 11.7. The van der Waals surface area contributed by atoms with Gasteiger partial charge < -0.3 is 4.90 Å². The van der Waals surface area contributed by atoms with Crippen LogP contribution in [0.4, 0.5) is 0 Å². The number of likely N-dealkylation sites (tertiary alicyclic amines) is 2. The van der Waals surface area contributed by atoms with Gasteiger partial charge in [-0.25, -0.2) is 4.98 Å². The lowest BCUT2D eigenvalue weighted by Crippen LogP contribution is -2.48. The molecule has 2 saturated heterocycles. The summed E-state index contributed by atoms with van der Waals surface area (Å²) in [4.78, 5) is 21.5. The summed E-state index contributed by atoms with van der Waals surface area (Å²) < 4.78 is 0. The van der Waals surface area contributed by atoms with E-state index >= 15 is 0 Å². The van der Waals surface area contributed by atoms with Gasteiger partial charge in [0.15, 0.2) is 0 Å². The highest BCUT2D eigenvalue weighted by molar-refractivity contribution is 5.92. The fourth-order valence-corrected chi connectivity index (χ4v) is 3.36. The van der Waals surface area contributed by atoms with Crippen LogP contribution in [0.25, 0.3) is 0 Å². The minimum Gasteiger partial charge on any atom is -0.337 e. The van der Waals surface area contributed by atoms with Gasteiger partial charge in [-0.05, 0) is 36.3 Å². The first-order chi connectivity index (χ1) is 10.5. The molecule has 0 saturated carbocycles. The zero-order valence-corrected chi connectivity index (χ0v) is 14.0. The highest BCUT2D eigenvalue weighted by Crippen LogP contribution is 2.24. The van der Waals surface area contributed by atoms with E-state index in [9.17, 15) is 4.79 Å². The maximum atomic E-state index is 12.5. The zero-order chi connectivity index (χ0) is 15.7. The second-order valence-electron chi connectivity index (χ2n) is 7.36. The lowest BCUT2D eigenvalue weighted by atomic mass is 9.88. The second-order valence-corrected chi connectivity index (χ2v) is 7.36. The van der Waals surface area contributed by atoms with Crippen molar-refractivity contribution >= 4 is 5.91 Å². The number of amides is 1. The molecule has 3 rings (SSSR count). The molecule has 0 aromatic carbocycles. The van der Waals surface area contributed by atoms with E-state index in [-0.39, 0.29) is 5.91 Å². The van der Waals surface area contributed by atoms with Gasteiger partial charge in [-0.1, -0.05) is 26.8 Å². The van der Waals surface area contributed by atoms with Crippen molar-refractivity contribution in [2.45, 2.75) is 33.7 Å². The lowest BCUT2D eigenvalue weighted by Gasteiger charge is -2.41. The van der Waals surface area contributed by atoms with Crippen LogP contribution < -0.4 is 0 Å². The molecule has 1 unspecified atom stereocenters. The molecule has 0 spiro atoms. The number of carbonyl (C=O) groups is 1. The van der Waals surface area contributed by atoms with Crippen LogP contribution >= 0.6 is 0 Å². The molecule has 3 heterocycles. The number of carbonyl (C=O) groups excluding carboxylic acids is 1. The molecule has 0 radical (unpaired) electrons. The van der Waals surface area contributed by atoms with Gasteiger partial charge in [-0.3, -0.25) is 9.69 Å². The first-order valence-corrected chi connectivity index (χ1v) is 8.50. The van der Waals surface area contributed by atoms with Crippen LogP contribution in [0.3, 0.4) is 0 Å². The van der Waals surface area contributed by atoms with E-state index in [0.29, 0.717) is 11.6 Å². The highest BCUT2D eigenvalue weighted by atomic mass is 16.2. The Morgan fingerprint density at radius 2 is 2.09 bits per heavy atom. The van der Waals surface area contributed by atoms with E-state index in [1.165, 1.54) is 0 Å². The average molecular weight is 301 g/mol. The van der Waals surface area contributed by atoms with Crippen LogP contribution in [0, 0.1) is 17.8 Å². The first kappa shape index (κ1) is 15.5. The van der Waals surface area contributed by atoms with Crippen molar-refractivity contribution in [1.82, 2.24) is 14.8 Å². The average Bonchev–Trinajstić information content (AvgIpc) is 2.88. The van der Waals surface area contributed by atoms with Crippen molar-refractivity contribution in [1.29, 1.82) is 0 Å². The van der Waals surface area contributed by atoms with Crippen molar-refractivity contribution in [3.05, 3.63) is 29.6 Å². The fourth-order valence-electron chi connectivity index (χ4n) is 3.36. The second kappa shape index (κ2) is 6.37. The Hall–Kier alpha value is -1.42. The molecule has 120 valence electrons. The number of hydrogen-bond donors (Lipinski definition) is 0. The van der Waals surface area contributed by atoms with Crippen molar-refractivity contribution in [2.24, 2.45) is 17.8 Å². The first-order valence-electron chi connectivity index (χ1n) is 8.50. The van der Waals surface area contributed by atoms with Crippen LogP contribution in [-0.4, -0.2) is 46.9 Å². The van der Waals surface area contributed by atoms with E-state index in [4.69, 9.17) is 0 Å². The minimum absolute atomic E-state index is 0.0925. The molecule has 1 atom stereocenters. The Bertz CT molecular complexity index is 537. The van der Waals surface area contributed by atoms with Gasteiger partial charge in [0.1, 0.15) is 5.69 Å². The van der Waals surface area contributed by atoms with Crippen LogP contribution in [0.5, 0.6) is 0 Å². The van der Waals surface area contributed by atoms with Crippen LogP contribution in [0.2, 0.25) is 0 Å². The van der Waals surface area contributed by atoms with E-state index in [0.717, 1.165) is 56.7 Å². The number of aromatic nitrogens is 1. The van der Waals surface area contributed by atoms with Gasteiger partial charge in [0.2, 0.25) is 0 Å². The van der Waals surface area contributed by atoms with Crippen molar-refractivity contribution in [3.63, 3.8) is 0 Å². The number of pyridine rings is 1. The Morgan fingerprint density at radius 1 is 1.32 bits per heavy atom. The quantitative estimate of drug-likeness (QED) is 0.858. The fraction of sp³-hybridized carbons (Fsp3) is 0.667. The Morgan fingerprint density at radius 3 is 2.73 bits per heavy atom. The largest absolute Gasteiger partial charge is 0.337 e. The third-order valence-corrected chi connectivity index (χ3v) is 5.05. The van der Waals surface area contributed by atoms with Gasteiger partial charge in [-0.15, -0.1) is 0 Å². The molecule has 0 N–H and O–H groups in total. The molecule has 2 aliphatic rings. The molecule has 2 fully saturated rings. The third kappa shape index (κ3) is 3.32. The standard InChI is InChI=1S/C18H27N3O/c1-13(2)15-10-20(11-15)12-16-5-4-6-17(19-16)18(22)21-8-7-14(3)9-21/h4-6,13-15H,7-12H2,1-3H3. The molecule has 2 aliphatic heterocycles. The summed E-state index contributed by atoms with van der Waals surface area (Å²) in [5.74, 6) is 2.28. The van der Waals surface area contributed by atoms with E-state index in [1.54, 1.807) is 0 Å². The van der Waals surface area contributed by atoms with Gasteiger partial charge in [0, 0.05) is 32.7 Å². The topological polar surface area (TPSA) is 36.4 Å². The Labute approximate surface area is 133 Å². The van der Waals surface area contributed by atoms with Crippen LogP contribution in [0.1, 0.15) is 43.4 Å². The molecule has 0 bridgehead atoms. The maximum absolute atomic E-state index is 12.5. The van der Waals surface area contributed by atoms with Crippen molar-refractivity contribution in [3.8, 4) is 0 Å². The van der Waals surface area contributed by atoms with Gasteiger partial charge in [0.25, 0.3) is 5.91 Å². The molecule has 1 aromatic heterocycles. The van der Waals surface area contributed by atoms with Crippen molar-refractivity contribution < 1.29 is 4.79 Å².